The first kappa shape index (κ1) is 16.2. The summed E-state index contributed by atoms with van der Waals surface area (Å²) in [5, 5.41) is 0. The number of benzene rings is 1. The predicted molar refractivity (Wildman–Crippen MR) is 76.2 cm³/mol. The first-order valence-electron chi connectivity index (χ1n) is 6.62. The van der Waals surface area contributed by atoms with Crippen molar-refractivity contribution in [3.63, 3.8) is 0 Å². The van der Waals surface area contributed by atoms with Crippen LogP contribution in [0.1, 0.15) is 45.7 Å². The van der Waals surface area contributed by atoms with E-state index >= 15 is 0 Å². The molecule has 110 valence electrons. The van der Waals surface area contributed by atoms with Gasteiger partial charge in [-0.15, -0.1) is 0 Å². The summed E-state index contributed by atoms with van der Waals surface area (Å²) in [5.41, 5.74) is 2.26. The van der Waals surface area contributed by atoms with Crippen LogP contribution in [-0.2, 0) is 30.9 Å². The van der Waals surface area contributed by atoms with E-state index in [-0.39, 0.29) is 5.41 Å². The van der Waals surface area contributed by atoms with Crippen LogP contribution in [0.2, 0.25) is 0 Å². The third-order valence-electron chi connectivity index (χ3n) is 2.82. The standard InChI is InChI=1S/C16H22O4/c1-11(17)19-15(20-12(2)18)10-13-6-8-14(9-7-13)16(3,4)5/h6-9,15H,10H2,1-5H3. The monoisotopic (exact) mass is 278 g/mol. The Morgan fingerprint density at radius 1 is 1.00 bits per heavy atom. The second-order valence-electron chi connectivity index (χ2n) is 5.80. The summed E-state index contributed by atoms with van der Waals surface area (Å²) >= 11 is 0. The van der Waals surface area contributed by atoms with Gasteiger partial charge < -0.3 is 9.47 Å². The number of carbonyl (C=O) groups excluding carboxylic acids is 2. The molecule has 0 aromatic heterocycles. The Labute approximate surface area is 120 Å². The first-order chi connectivity index (χ1) is 9.18. The van der Waals surface area contributed by atoms with E-state index in [1.807, 2.05) is 24.3 Å². The van der Waals surface area contributed by atoms with Gasteiger partial charge in [0, 0.05) is 20.3 Å². The molecule has 0 aliphatic carbocycles. The molecule has 1 rings (SSSR count). The molecule has 4 heteroatoms. The van der Waals surface area contributed by atoms with E-state index in [9.17, 15) is 9.59 Å². The number of hydrogen-bond acceptors (Lipinski definition) is 4. The van der Waals surface area contributed by atoms with E-state index in [1.54, 1.807) is 0 Å². The van der Waals surface area contributed by atoms with Gasteiger partial charge in [0.25, 0.3) is 6.29 Å². The van der Waals surface area contributed by atoms with Crippen LogP contribution in [-0.4, -0.2) is 18.2 Å². The van der Waals surface area contributed by atoms with Gasteiger partial charge in [0.2, 0.25) is 0 Å². The fourth-order valence-electron chi connectivity index (χ4n) is 1.81. The minimum Gasteiger partial charge on any atom is -0.425 e. The van der Waals surface area contributed by atoms with Crippen LogP contribution in [0.3, 0.4) is 0 Å². The van der Waals surface area contributed by atoms with Crippen LogP contribution in [0.15, 0.2) is 24.3 Å². The first-order valence-corrected chi connectivity index (χ1v) is 6.62. The smallest absolute Gasteiger partial charge is 0.305 e. The lowest BCUT2D eigenvalue weighted by atomic mass is 9.86. The topological polar surface area (TPSA) is 52.6 Å². The zero-order chi connectivity index (χ0) is 15.3. The van der Waals surface area contributed by atoms with Gasteiger partial charge in [-0.05, 0) is 16.5 Å². The average Bonchev–Trinajstić information content (AvgIpc) is 2.26. The van der Waals surface area contributed by atoms with Crippen molar-refractivity contribution in [3.05, 3.63) is 35.4 Å². The molecule has 0 bridgehead atoms. The number of carbonyl (C=O) groups is 2. The molecule has 0 heterocycles. The molecule has 1 aromatic rings. The SMILES string of the molecule is CC(=O)OC(Cc1ccc(C(C)(C)C)cc1)OC(C)=O. The van der Waals surface area contributed by atoms with Gasteiger partial charge >= 0.3 is 11.9 Å². The number of hydrogen-bond donors (Lipinski definition) is 0. The number of ether oxygens (including phenoxy) is 2. The van der Waals surface area contributed by atoms with Crippen molar-refractivity contribution in [3.8, 4) is 0 Å². The molecule has 1 aromatic carbocycles. The third-order valence-corrected chi connectivity index (χ3v) is 2.82. The Balaban J connectivity index is 2.78. The van der Waals surface area contributed by atoms with Gasteiger partial charge in [-0.3, -0.25) is 9.59 Å². The molecule has 0 spiro atoms. The van der Waals surface area contributed by atoms with Gasteiger partial charge in [-0.25, -0.2) is 0 Å². The molecular weight excluding hydrogens is 256 g/mol. The Kier molecular flexibility index (Phi) is 5.31. The van der Waals surface area contributed by atoms with Crippen molar-refractivity contribution in [2.24, 2.45) is 0 Å². The van der Waals surface area contributed by atoms with Crippen molar-refractivity contribution >= 4 is 11.9 Å². The lowest BCUT2D eigenvalue weighted by Gasteiger charge is -2.20. The van der Waals surface area contributed by atoms with Crippen molar-refractivity contribution in [1.82, 2.24) is 0 Å². The maximum absolute atomic E-state index is 11.0. The van der Waals surface area contributed by atoms with Crippen LogP contribution in [0.5, 0.6) is 0 Å². The molecule has 0 aliphatic heterocycles. The molecule has 0 amide bonds. The Morgan fingerprint density at radius 2 is 1.45 bits per heavy atom. The maximum atomic E-state index is 11.0. The molecule has 4 nitrogen and oxygen atoms in total. The third kappa shape index (κ3) is 5.43. The maximum Gasteiger partial charge on any atom is 0.305 e. The van der Waals surface area contributed by atoms with Crippen molar-refractivity contribution in [1.29, 1.82) is 0 Å². The zero-order valence-corrected chi connectivity index (χ0v) is 12.7. The van der Waals surface area contributed by atoms with Crippen molar-refractivity contribution < 1.29 is 19.1 Å². The Morgan fingerprint density at radius 3 is 1.80 bits per heavy atom. The fourth-order valence-corrected chi connectivity index (χ4v) is 1.81. The zero-order valence-electron chi connectivity index (χ0n) is 12.7. The fraction of sp³-hybridized carbons (Fsp3) is 0.500. The molecule has 0 saturated heterocycles. The van der Waals surface area contributed by atoms with Gasteiger partial charge in [0.1, 0.15) is 0 Å². The molecule has 0 radical (unpaired) electrons. The molecule has 0 aliphatic rings. The summed E-state index contributed by atoms with van der Waals surface area (Å²) in [5.74, 6) is -0.940. The summed E-state index contributed by atoms with van der Waals surface area (Å²) in [6.45, 7) is 9.01. The normalized spacial score (nSPS) is 11.3. The molecule has 0 N–H and O–H groups in total. The van der Waals surface area contributed by atoms with Crippen LogP contribution in [0.25, 0.3) is 0 Å². The minimum atomic E-state index is -0.870. The predicted octanol–water partition coefficient (Wildman–Crippen LogP) is 2.98. The second-order valence-corrected chi connectivity index (χ2v) is 5.80. The van der Waals surface area contributed by atoms with E-state index in [2.05, 4.69) is 20.8 Å². The highest BCUT2D eigenvalue weighted by Gasteiger charge is 2.17. The quantitative estimate of drug-likeness (QED) is 0.627. The number of esters is 2. The summed E-state index contributed by atoms with van der Waals surface area (Å²) in [6, 6.07) is 7.99. The van der Waals surface area contributed by atoms with Crippen LogP contribution >= 0.6 is 0 Å². The van der Waals surface area contributed by atoms with E-state index in [1.165, 1.54) is 19.4 Å². The summed E-state index contributed by atoms with van der Waals surface area (Å²) < 4.78 is 9.96. The average molecular weight is 278 g/mol. The highest BCUT2D eigenvalue weighted by molar-refractivity contribution is 5.68. The summed E-state index contributed by atoms with van der Waals surface area (Å²) in [4.78, 5) is 22.0. The van der Waals surface area contributed by atoms with Crippen LogP contribution < -0.4 is 0 Å². The van der Waals surface area contributed by atoms with E-state index in [0.29, 0.717) is 6.42 Å². The largest absolute Gasteiger partial charge is 0.425 e. The minimum absolute atomic E-state index is 0.0870. The lowest BCUT2D eigenvalue weighted by molar-refractivity contribution is -0.184. The molecule has 0 unspecified atom stereocenters. The summed E-state index contributed by atoms with van der Waals surface area (Å²) in [7, 11) is 0. The van der Waals surface area contributed by atoms with Crippen LogP contribution in [0.4, 0.5) is 0 Å². The van der Waals surface area contributed by atoms with Gasteiger partial charge in [-0.2, -0.15) is 0 Å². The Hall–Kier alpha value is -1.84. The van der Waals surface area contributed by atoms with Crippen LogP contribution in [0, 0.1) is 0 Å². The molecule has 0 saturated carbocycles. The van der Waals surface area contributed by atoms with Gasteiger partial charge in [0.15, 0.2) is 0 Å². The highest BCUT2D eigenvalue weighted by Crippen LogP contribution is 2.22. The lowest BCUT2D eigenvalue weighted by Crippen LogP contribution is -2.24. The van der Waals surface area contributed by atoms with E-state index in [4.69, 9.17) is 9.47 Å². The molecule has 20 heavy (non-hydrogen) atoms. The van der Waals surface area contributed by atoms with Crippen molar-refractivity contribution in [2.75, 3.05) is 0 Å². The highest BCUT2D eigenvalue weighted by atomic mass is 16.7. The van der Waals surface area contributed by atoms with E-state index in [0.717, 1.165) is 5.56 Å². The Bertz CT molecular complexity index is 452. The van der Waals surface area contributed by atoms with Gasteiger partial charge in [-0.1, -0.05) is 45.0 Å². The summed E-state index contributed by atoms with van der Waals surface area (Å²) in [6.07, 6.45) is -0.519. The molecular formula is C16H22O4. The van der Waals surface area contributed by atoms with Gasteiger partial charge in [0.05, 0.1) is 0 Å². The second kappa shape index (κ2) is 6.55. The van der Waals surface area contributed by atoms with Crippen molar-refractivity contribution in [2.45, 2.75) is 52.7 Å². The molecule has 0 atom stereocenters. The molecule has 0 fully saturated rings. The van der Waals surface area contributed by atoms with E-state index < -0.39 is 18.2 Å². The number of rotatable bonds is 4.